The van der Waals surface area contributed by atoms with E-state index >= 15 is 0 Å². The summed E-state index contributed by atoms with van der Waals surface area (Å²) < 4.78 is 26.5. The van der Waals surface area contributed by atoms with Gasteiger partial charge in [0.25, 0.3) is 0 Å². The third-order valence-electron chi connectivity index (χ3n) is 4.75. The Morgan fingerprint density at radius 2 is 1.54 bits per heavy atom. The van der Waals surface area contributed by atoms with Gasteiger partial charge in [-0.15, -0.1) is 0 Å². The Labute approximate surface area is 166 Å². The fourth-order valence-corrected chi connectivity index (χ4v) is 4.64. The SMILES string of the molecule is CCN(CC)S(=O)(=O)c1ccc(C(=O)CNc2cccc3ccccc23)cc1. The number of Topliss-reactive ketones (excluding diaryl/α,β-unsaturated/α-hetero) is 1. The third kappa shape index (κ3) is 4.08. The maximum absolute atomic E-state index is 12.5. The number of fused-ring (bicyclic) bond motifs is 1. The van der Waals surface area contributed by atoms with E-state index in [9.17, 15) is 13.2 Å². The normalized spacial score (nSPS) is 11.7. The summed E-state index contributed by atoms with van der Waals surface area (Å²) in [5.74, 6) is -0.0975. The largest absolute Gasteiger partial charge is 0.377 e. The summed E-state index contributed by atoms with van der Waals surface area (Å²) in [5.41, 5.74) is 1.37. The van der Waals surface area contributed by atoms with E-state index in [2.05, 4.69) is 5.32 Å². The molecule has 3 aromatic carbocycles. The molecular weight excluding hydrogens is 372 g/mol. The molecule has 0 spiro atoms. The monoisotopic (exact) mass is 396 g/mol. The van der Waals surface area contributed by atoms with E-state index in [-0.39, 0.29) is 17.2 Å². The molecule has 1 N–H and O–H groups in total. The second-order valence-electron chi connectivity index (χ2n) is 6.42. The Kier molecular flexibility index (Phi) is 6.11. The number of carbonyl (C=O) groups excluding carboxylic acids is 1. The highest BCUT2D eigenvalue weighted by atomic mass is 32.2. The number of ketones is 1. The first kappa shape index (κ1) is 20.0. The van der Waals surface area contributed by atoms with Gasteiger partial charge < -0.3 is 5.32 Å². The van der Waals surface area contributed by atoms with Crippen LogP contribution in [0.15, 0.2) is 71.6 Å². The molecule has 0 atom stereocenters. The number of carbonyl (C=O) groups is 1. The predicted molar refractivity (Wildman–Crippen MR) is 113 cm³/mol. The van der Waals surface area contributed by atoms with Crippen LogP contribution in [0, 0.1) is 0 Å². The smallest absolute Gasteiger partial charge is 0.243 e. The van der Waals surface area contributed by atoms with Crippen molar-refractivity contribution in [1.82, 2.24) is 4.31 Å². The lowest BCUT2D eigenvalue weighted by atomic mass is 10.1. The van der Waals surface area contributed by atoms with E-state index in [0.29, 0.717) is 18.7 Å². The lowest BCUT2D eigenvalue weighted by molar-refractivity contribution is 0.101. The summed E-state index contributed by atoms with van der Waals surface area (Å²) >= 11 is 0. The maximum atomic E-state index is 12.5. The molecular formula is C22H24N2O3S. The lowest BCUT2D eigenvalue weighted by Gasteiger charge is -2.18. The van der Waals surface area contributed by atoms with Gasteiger partial charge >= 0.3 is 0 Å². The van der Waals surface area contributed by atoms with Crippen LogP contribution in [0.5, 0.6) is 0 Å². The van der Waals surface area contributed by atoms with Gasteiger partial charge in [-0.25, -0.2) is 8.42 Å². The van der Waals surface area contributed by atoms with Crippen molar-refractivity contribution < 1.29 is 13.2 Å². The second-order valence-corrected chi connectivity index (χ2v) is 8.36. The fraction of sp³-hybridized carbons (Fsp3) is 0.227. The molecule has 0 aliphatic rings. The first-order valence-electron chi connectivity index (χ1n) is 9.32. The standard InChI is InChI=1S/C22H24N2O3S/c1-3-24(4-2)28(26,27)19-14-12-18(13-15-19)22(25)16-23-21-11-7-9-17-8-5-6-10-20(17)21/h5-15,23H,3-4,16H2,1-2H3. The van der Waals surface area contributed by atoms with Gasteiger partial charge in [-0.1, -0.05) is 50.2 Å². The Hall–Kier alpha value is -2.70. The Balaban J connectivity index is 1.73. The van der Waals surface area contributed by atoms with E-state index in [1.807, 2.05) is 42.5 Å². The van der Waals surface area contributed by atoms with Gasteiger partial charge in [-0.05, 0) is 35.7 Å². The van der Waals surface area contributed by atoms with Crippen molar-refractivity contribution in [3.05, 3.63) is 72.3 Å². The Morgan fingerprint density at radius 1 is 0.893 bits per heavy atom. The van der Waals surface area contributed by atoms with Crippen molar-refractivity contribution >= 4 is 32.3 Å². The number of hydrogen-bond donors (Lipinski definition) is 1. The van der Waals surface area contributed by atoms with Crippen LogP contribution in [0.4, 0.5) is 5.69 Å². The van der Waals surface area contributed by atoms with Crippen LogP contribution in [0.1, 0.15) is 24.2 Å². The fourth-order valence-electron chi connectivity index (χ4n) is 3.18. The zero-order chi connectivity index (χ0) is 20.1. The first-order valence-corrected chi connectivity index (χ1v) is 10.8. The van der Waals surface area contributed by atoms with Gasteiger partial charge in [0.1, 0.15) is 0 Å². The minimum Gasteiger partial charge on any atom is -0.377 e. The molecule has 0 amide bonds. The van der Waals surface area contributed by atoms with Gasteiger partial charge in [0, 0.05) is 29.7 Å². The predicted octanol–water partition coefficient (Wildman–Crippen LogP) is 4.17. The van der Waals surface area contributed by atoms with Crippen LogP contribution in [0.2, 0.25) is 0 Å². The van der Waals surface area contributed by atoms with Crippen LogP contribution in [0.25, 0.3) is 10.8 Å². The zero-order valence-electron chi connectivity index (χ0n) is 16.1. The zero-order valence-corrected chi connectivity index (χ0v) is 16.9. The number of nitrogens with one attached hydrogen (secondary N) is 1. The highest BCUT2D eigenvalue weighted by Gasteiger charge is 2.21. The third-order valence-corrected chi connectivity index (χ3v) is 6.81. The van der Waals surface area contributed by atoms with Crippen molar-refractivity contribution in [2.24, 2.45) is 0 Å². The molecule has 0 fully saturated rings. The molecule has 28 heavy (non-hydrogen) atoms. The summed E-state index contributed by atoms with van der Waals surface area (Å²) in [5, 5.41) is 5.35. The quantitative estimate of drug-likeness (QED) is 0.581. The summed E-state index contributed by atoms with van der Waals surface area (Å²) in [4.78, 5) is 12.7. The average molecular weight is 397 g/mol. The van der Waals surface area contributed by atoms with Gasteiger partial charge in [0.2, 0.25) is 10.0 Å². The highest BCUT2D eigenvalue weighted by Crippen LogP contribution is 2.23. The summed E-state index contributed by atoms with van der Waals surface area (Å²) in [6.07, 6.45) is 0. The molecule has 6 heteroatoms. The van der Waals surface area contributed by atoms with E-state index in [1.165, 1.54) is 16.4 Å². The van der Waals surface area contributed by atoms with Crippen LogP contribution in [-0.2, 0) is 10.0 Å². The molecule has 0 aromatic heterocycles. The van der Waals surface area contributed by atoms with Crippen LogP contribution >= 0.6 is 0 Å². The van der Waals surface area contributed by atoms with Crippen molar-refractivity contribution in [2.75, 3.05) is 25.0 Å². The number of benzene rings is 3. The molecule has 0 saturated carbocycles. The second kappa shape index (κ2) is 8.54. The molecule has 0 aliphatic carbocycles. The van der Waals surface area contributed by atoms with Gasteiger partial charge in [-0.2, -0.15) is 4.31 Å². The Bertz CT molecular complexity index is 1070. The van der Waals surface area contributed by atoms with Crippen molar-refractivity contribution in [1.29, 1.82) is 0 Å². The molecule has 3 aromatic rings. The van der Waals surface area contributed by atoms with E-state index < -0.39 is 10.0 Å². The van der Waals surface area contributed by atoms with E-state index in [4.69, 9.17) is 0 Å². The minimum atomic E-state index is -3.52. The summed E-state index contributed by atoms with van der Waals surface area (Å²) in [6.45, 7) is 4.56. The minimum absolute atomic E-state index is 0.0975. The van der Waals surface area contributed by atoms with Gasteiger partial charge in [0.15, 0.2) is 5.78 Å². The maximum Gasteiger partial charge on any atom is 0.243 e. The number of nitrogens with zero attached hydrogens (tertiary/aromatic N) is 1. The molecule has 0 heterocycles. The molecule has 3 rings (SSSR count). The van der Waals surface area contributed by atoms with Crippen molar-refractivity contribution in [3.63, 3.8) is 0 Å². The summed E-state index contributed by atoms with van der Waals surface area (Å²) in [6, 6.07) is 20.0. The van der Waals surface area contributed by atoms with Crippen LogP contribution in [0.3, 0.4) is 0 Å². The molecule has 0 bridgehead atoms. The highest BCUT2D eigenvalue weighted by molar-refractivity contribution is 7.89. The number of anilines is 1. The molecule has 0 saturated heterocycles. The van der Waals surface area contributed by atoms with Crippen molar-refractivity contribution in [2.45, 2.75) is 18.7 Å². The van der Waals surface area contributed by atoms with Gasteiger partial charge in [0.05, 0.1) is 11.4 Å². The van der Waals surface area contributed by atoms with Crippen LogP contribution < -0.4 is 5.32 Å². The van der Waals surface area contributed by atoms with Crippen LogP contribution in [-0.4, -0.2) is 38.1 Å². The van der Waals surface area contributed by atoms with E-state index in [1.54, 1.807) is 26.0 Å². The van der Waals surface area contributed by atoms with E-state index in [0.717, 1.165) is 16.5 Å². The van der Waals surface area contributed by atoms with Crippen molar-refractivity contribution in [3.8, 4) is 0 Å². The molecule has 5 nitrogen and oxygen atoms in total. The number of hydrogen-bond acceptors (Lipinski definition) is 4. The number of rotatable bonds is 8. The lowest BCUT2D eigenvalue weighted by Crippen LogP contribution is -2.30. The molecule has 0 unspecified atom stereocenters. The number of sulfonamides is 1. The molecule has 0 aliphatic heterocycles. The Morgan fingerprint density at radius 3 is 2.21 bits per heavy atom. The summed E-state index contributed by atoms with van der Waals surface area (Å²) in [7, 11) is -3.52. The average Bonchev–Trinajstić information content (AvgIpc) is 2.72. The topological polar surface area (TPSA) is 66.5 Å². The molecule has 146 valence electrons. The first-order chi connectivity index (χ1) is 13.5. The molecule has 0 radical (unpaired) electrons. The van der Waals surface area contributed by atoms with Gasteiger partial charge in [-0.3, -0.25) is 4.79 Å².